The first-order chi connectivity index (χ1) is 12.9. The van der Waals surface area contributed by atoms with Crippen molar-refractivity contribution in [3.05, 3.63) is 77.4 Å². The first-order valence-corrected chi connectivity index (χ1v) is 10.2. The molecule has 2 aliphatic carbocycles. The number of hydrogen-bond acceptors (Lipinski definition) is 0. The molecule has 0 aromatic heterocycles. The van der Waals surface area contributed by atoms with Gasteiger partial charge in [-0.2, -0.15) is 0 Å². The van der Waals surface area contributed by atoms with E-state index in [4.69, 9.17) is 0 Å². The average Bonchev–Trinajstić information content (AvgIpc) is 2.76. The fourth-order valence-corrected chi connectivity index (χ4v) is 3.97. The van der Waals surface area contributed by atoms with E-state index in [2.05, 4.69) is 66.7 Å². The Morgan fingerprint density at radius 1 is 0.692 bits per heavy atom. The molecule has 3 aromatic carbocycles. The standard InChI is InChI=1S/C20H14.3C2H6/c1-5-13-6-2-11-17-18-12-4-8-14-7-3-10-16(20(14)18)15(9-1)19(13)17;3*1-2/h1-11,18H,12H2;3*1-2H3. The van der Waals surface area contributed by atoms with Crippen LogP contribution in [0.5, 0.6) is 0 Å². The van der Waals surface area contributed by atoms with Gasteiger partial charge in [0.05, 0.1) is 0 Å². The number of rotatable bonds is 0. The molecule has 5 rings (SSSR count). The highest BCUT2D eigenvalue weighted by Gasteiger charge is 2.29. The van der Waals surface area contributed by atoms with Gasteiger partial charge in [-0.15, -0.1) is 0 Å². The fourth-order valence-electron chi connectivity index (χ4n) is 3.97. The van der Waals surface area contributed by atoms with E-state index in [0.717, 1.165) is 6.42 Å². The molecule has 0 saturated carbocycles. The maximum absolute atomic E-state index is 2.32. The number of fused-ring (bicyclic) bond motifs is 2. The molecule has 0 N–H and O–H groups in total. The minimum Gasteiger partial charge on any atom is -0.0830 e. The van der Waals surface area contributed by atoms with Gasteiger partial charge >= 0.3 is 0 Å². The fraction of sp³-hybridized carbons (Fsp3) is 0.308. The van der Waals surface area contributed by atoms with E-state index >= 15 is 0 Å². The van der Waals surface area contributed by atoms with E-state index in [1.54, 1.807) is 0 Å². The second-order valence-corrected chi connectivity index (χ2v) is 5.75. The first-order valence-electron chi connectivity index (χ1n) is 10.2. The largest absolute Gasteiger partial charge is 0.0830 e. The van der Waals surface area contributed by atoms with Gasteiger partial charge in [-0.1, -0.05) is 108 Å². The minimum atomic E-state index is 0.532. The summed E-state index contributed by atoms with van der Waals surface area (Å²) in [6, 6.07) is 20.2. The Hall–Kier alpha value is -2.34. The van der Waals surface area contributed by atoms with Gasteiger partial charge < -0.3 is 0 Å². The lowest BCUT2D eigenvalue weighted by Crippen LogP contribution is -2.12. The molecule has 1 atom stereocenters. The van der Waals surface area contributed by atoms with Crippen LogP contribution in [0.1, 0.15) is 70.6 Å². The monoisotopic (exact) mass is 344 g/mol. The van der Waals surface area contributed by atoms with Crippen LogP contribution >= 0.6 is 0 Å². The molecule has 0 heteroatoms. The molecule has 0 fully saturated rings. The van der Waals surface area contributed by atoms with E-state index in [9.17, 15) is 0 Å². The lowest BCUT2D eigenvalue weighted by atomic mass is 9.72. The highest BCUT2D eigenvalue weighted by Crippen LogP contribution is 2.49. The van der Waals surface area contributed by atoms with Crippen LogP contribution in [0.15, 0.2) is 60.7 Å². The Balaban J connectivity index is 0.000000371. The molecule has 0 saturated heterocycles. The summed E-state index contributed by atoms with van der Waals surface area (Å²) >= 11 is 0. The van der Waals surface area contributed by atoms with E-state index in [1.165, 1.54) is 38.6 Å². The lowest BCUT2D eigenvalue weighted by molar-refractivity contribution is 0.824. The third kappa shape index (κ3) is 3.21. The third-order valence-electron chi connectivity index (χ3n) is 4.76. The van der Waals surface area contributed by atoms with E-state index in [1.807, 2.05) is 41.5 Å². The Morgan fingerprint density at radius 3 is 2.04 bits per heavy atom. The molecule has 136 valence electrons. The molecule has 3 aromatic rings. The highest BCUT2D eigenvalue weighted by atomic mass is 14.3. The average molecular weight is 345 g/mol. The van der Waals surface area contributed by atoms with Crippen LogP contribution in [0, 0.1) is 0 Å². The Bertz CT molecular complexity index is 878. The second kappa shape index (κ2) is 9.38. The van der Waals surface area contributed by atoms with E-state index in [0.29, 0.717) is 5.92 Å². The van der Waals surface area contributed by atoms with Crippen molar-refractivity contribution < 1.29 is 0 Å². The van der Waals surface area contributed by atoms with Crippen LogP contribution in [-0.4, -0.2) is 0 Å². The topological polar surface area (TPSA) is 0 Å². The van der Waals surface area contributed by atoms with Gasteiger partial charge in [0.1, 0.15) is 0 Å². The highest BCUT2D eigenvalue weighted by molar-refractivity contribution is 6.03. The smallest absolute Gasteiger partial charge is 0.0142 e. The zero-order valence-corrected chi connectivity index (χ0v) is 17.1. The third-order valence-corrected chi connectivity index (χ3v) is 4.76. The van der Waals surface area contributed by atoms with Gasteiger partial charge in [0, 0.05) is 5.92 Å². The second-order valence-electron chi connectivity index (χ2n) is 5.75. The predicted molar refractivity (Wildman–Crippen MR) is 119 cm³/mol. The molecular formula is C26H32. The quantitative estimate of drug-likeness (QED) is 0.384. The normalized spacial score (nSPS) is 14.6. The van der Waals surface area contributed by atoms with Crippen molar-refractivity contribution in [2.45, 2.75) is 53.9 Å². The molecule has 0 heterocycles. The summed E-state index contributed by atoms with van der Waals surface area (Å²) in [6.07, 6.45) is 5.73. The van der Waals surface area contributed by atoms with E-state index in [-0.39, 0.29) is 0 Å². The molecule has 0 bridgehead atoms. The zero-order valence-electron chi connectivity index (χ0n) is 17.1. The summed E-state index contributed by atoms with van der Waals surface area (Å²) in [5.74, 6) is 0.532. The number of hydrogen-bond donors (Lipinski definition) is 0. The molecule has 0 radical (unpaired) electrons. The van der Waals surface area contributed by atoms with Crippen molar-refractivity contribution >= 4 is 16.8 Å². The van der Waals surface area contributed by atoms with Crippen molar-refractivity contribution in [2.24, 2.45) is 0 Å². The van der Waals surface area contributed by atoms with Crippen LogP contribution in [0.25, 0.3) is 28.0 Å². The maximum atomic E-state index is 2.32. The lowest BCUT2D eigenvalue weighted by Gasteiger charge is -2.31. The Morgan fingerprint density at radius 2 is 1.31 bits per heavy atom. The summed E-state index contributed by atoms with van der Waals surface area (Å²) in [7, 11) is 0. The zero-order chi connectivity index (χ0) is 19.1. The van der Waals surface area contributed by atoms with Gasteiger partial charge in [-0.3, -0.25) is 0 Å². The summed E-state index contributed by atoms with van der Waals surface area (Å²) < 4.78 is 0. The van der Waals surface area contributed by atoms with Crippen LogP contribution < -0.4 is 0 Å². The SMILES string of the molecule is C1=Cc2cccc3c2C(C1)c1cccc2cccc-3c12.CC.CC.CC. The van der Waals surface area contributed by atoms with Gasteiger partial charge in [0.15, 0.2) is 0 Å². The summed E-state index contributed by atoms with van der Waals surface area (Å²) in [6.45, 7) is 12.0. The predicted octanol–water partition coefficient (Wildman–Crippen LogP) is 8.45. The minimum absolute atomic E-state index is 0.532. The Kier molecular flexibility index (Phi) is 7.21. The van der Waals surface area contributed by atoms with Crippen LogP contribution in [0.2, 0.25) is 0 Å². The van der Waals surface area contributed by atoms with Gasteiger partial charge in [-0.25, -0.2) is 0 Å². The van der Waals surface area contributed by atoms with Crippen molar-refractivity contribution in [3.8, 4) is 11.1 Å². The molecule has 0 amide bonds. The van der Waals surface area contributed by atoms with Crippen molar-refractivity contribution in [3.63, 3.8) is 0 Å². The van der Waals surface area contributed by atoms with Crippen LogP contribution in [0.4, 0.5) is 0 Å². The van der Waals surface area contributed by atoms with Gasteiger partial charge in [0.2, 0.25) is 0 Å². The molecular weight excluding hydrogens is 312 g/mol. The molecule has 0 spiro atoms. The Labute approximate surface area is 159 Å². The number of benzene rings is 3. The summed E-state index contributed by atoms with van der Waals surface area (Å²) in [5, 5.41) is 2.82. The molecule has 0 aliphatic heterocycles. The van der Waals surface area contributed by atoms with Crippen molar-refractivity contribution in [2.75, 3.05) is 0 Å². The van der Waals surface area contributed by atoms with Crippen LogP contribution in [0.3, 0.4) is 0 Å². The maximum Gasteiger partial charge on any atom is 0.0142 e. The van der Waals surface area contributed by atoms with Crippen molar-refractivity contribution in [1.29, 1.82) is 0 Å². The molecule has 1 unspecified atom stereocenters. The number of allylic oxidation sites excluding steroid dienone is 1. The molecule has 2 aliphatic rings. The van der Waals surface area contributed by atoms with Gasteiger partial charge in [-0.05, 0) is 45.0 Å². The van der Waals surface area contributed by atoms with Crippen molar-refractivity contribution in [1.82, 2.24) is 0 Å². The first kappa shape index (κ1) is 20.0. The molecule has 26 heavy (non-hydrogen) atoms. The summed E-state index contributed by atoms with van der Waals surface area (Å²) in [5.41, 5.74) is 7.26. The van der Waals surface area contributed by atoms with Gasteiger partial charge in [0.25, 0.3) is 0 Å². The van der Waals surface area contributed by atoms with Crippen LogP contribution in [-0.2, 0) is 0 Å². The molecule has 0 nitrogen and oxygen atoms in total. The summed E-state index contributed by atoms with van der Waals surface area (Å²) in [4.78, 5) is 0. The van der Waals surface area contributed by atoms with E-state index < -0.39 is 0 Å².